The summed E-state index contributed by atoms with van der Waals surface area (Å²) in [5, 5.41) is 11.8. The summed E-state index contributed by atoms with van der Waals surface area (Å²) in [4.78, 5) is 35.9. The minimum Gasteiger partial charge on any atom is -0.481 e. The Morgan fingerprint density at radius 3 is 2.45 bits per heavy atom. The van der Waals surface area contributed by atoms with Crippen LogP contribution in [-0.2, 0) is 22.3 Å². The molecule has 0 aliphatic rings. The maximum atomic E-state index is 12.9. The number of pyridine rings is 1. The molecule has 0 saturated carbocycles. The van der Waals surface area contributed by atoms with E-state index in [1.807, 2.05) is 37.3 Å². The Morgan fingerprint density at radius 2 is 1.79 bits per heavy atom. The number of rotatable bonds is 7. The van der Waals surface area contributed by atoms with E-state index in [1.165, 1.54) is 0 Å². The highest BCUT2D eigenvalue weighted by atomic mass is 19.4. The number of aliphatic carboxylic acids is 1. The molecule has 0 spiro atoms. The average Bonchev–Trinajstić information content (AvgIpc) is 2.74. The molecule has 0 fully saturated rings. The molecule has 1 heterocycles. The van der Waals surface area contributed by atoms with Crippen molar-refractivity contribution in [3.8, 4) is 11.1 Å². The number of hydrogen-bond donors (Lipinski definition) is 2. The van der Waals surface area contributed by atoms with E-state index in [0.717, 1.165) is 22.8 Å². The van der Waals surface area contributed by atoms with Gasteiger partial charge in [0.2, 0.25) is 5.91 Å². The monoisotopic (exact) mass is 458 g/mol. The van der Waals surface area contributed by atoms with Crippen LogP contribution < -0.4 is 10.9 Å². The Hall–Kier alpha value is -3.88. The zero-order valence-corrected chi connectivity index (χ0v) is 17.6. The second-order valence-electron chi connectivity index (χ2n) is 7.54. The third-order valence-corrected chi connectivity index (χ3v) is 5.08. The molecule has 2 N–H and O–H groups in total. The number of carbonyl (C=O) groups is 2. The summed E-state index contributed by atoms with van der Waals surface area (Å²) in [5.41, 5.74) is 1.44. The minimum atomic E-state index is -4.67. The van der Waals surface area contributed by atoms with Gasteiger partial charge in [0, 0.05) is 12.3 Å². The highest BCUT2D eigenvalue weighted by Crippen LogP contribution is 2.29. The molecule has 0 radical (unpaired) electrons. The zero-order valence-electron chi connectivity index (χ0n) is 17.6. The van der Waals surface area contributed by atoms with Crippen LogP contribution in [0.15, 0.2) is 71.7 Å². The lowest BCUT2D eigenvalue weighted by Crippen LogP contribution is -2.35. The highest BCUT2D eigenvalue weighted by molar-refractivity contribution is 5.78. The number of hydrogen-bond acceptors (Lipinski definition) is 3. The molecule has 0 saturated heterocycles. The molecule has 9 heteroatoms. The third kappa shape index (κ3) is 6.09. The Labute approximate surface area is 187 Å². The van der Waals surface area contributed by atoms with Crippen molar-refractivity contribution in [1.29, 1.82) is 0 Å². The smallest absolute Gasteiger partial charge is 0.417 e. The molecule has 0 bridgehead atoms. The summed E-state index contributed by atoms with van der Waals surface area (Å²) in [7, 11) is 0. The molecular formula is C24H21F3N2O4. The molecule has 0 aliphatic carbocycles. The molecule has 0 unspecified atom stereocenters. The standard InChI is InChI=1S/C24H21F3N2O4/c1-15-5-2-3-8-19(15)16-6-4-7-17(11-16)20(12-23(32)33)28-21(30)14-29-13-18(24(25,26)27)9-10-22(29)31/h2-11,13,20H,12,14H2,1H3,(H,28,30)(H,32,33)/t20-/m0/s1. The number of halogens is 3. The van der Waals surface area contributed by atoms with Crippen molar-refractivity contribution in [2.75, 3.05) is 0 Å². The van der Waals surface area contributed by atoms with Gasteiger partial charge in [0.05, 0.1) is 18.0 Å². The van der Waals surface area contributed by atoms with E-state index in [0.29, 0.717) is 22.4 Å². The molecule has 33 heavy (non-hydrogen) atoms. The molecule has 3 aromatic rings. The van der Waals surface area contributed by atoms with E-state index in [4.69, 9.17) is 0 Å². The molecule has 1 atom stereocenters. The Kier molecular flexibility index (Phi) is 7.01. The van der Waals surface area contributed by atoms with Crippen molar-refractivity contribution in [3.05, 3.63) is 93.9 Å². The van der Waals surface area contributed by atoms with E-state index in [2.05, 4.69) is 5.32 Å². The maximum absolute atomic E-state index is 12.9. The highest BCUT2D eigenvalue weighted by Gasteiger charge is 2.31. The number of alkyl halides is 3. The second kappa shape index (κ2) is 9.72. The van der Waals surface area contributed by atoms with Crippen molar-refractivity contribution in [1.82, 2.24) is 9.88 Å². The van der Waals surface area contributed by atoms with Gasteiger partial charge in [-0.15, -0.1) is 0 Å². The Bertz CT molecular complexity index is 1230. The third-order valence-electron chi connectivity index (χ3n) is 5.08. The number of amides is 1. The van der Waals surface area contributed by atoms with Crippen LogP contribution in [0.1, 0.15) is 29.2 Å². The van der Waals surface area contributed by atoms with Gasteiger partial charge < -0.3 is 15.0 Å². The van der Waals surface area contributed by atoms with Crippen LogP contribution in [0.3, 0.4) is 0 Å². The first-order valence-electron chi connectivity index (χ1n) is 9.99. The minimum absolute atomic E-state index is 0.444. The topological polar surface area (TPSA) is 88.4 Å². The molecule has 2 aromatic carbocycles. The van der Waals surface area contributed by atoms with Crippen molar-refractivity contribution in [2.45, 2.75) is 32.1 Å². The van der Waals surface area contributed by atoms with Gasteiger partial charge in [0.25, 0.3) is 5.56 Å². The summed E-state index contributed by atoms with van der Waals surface area (Å²) in [6.07, 6.45) is -4.55. The van der Waals surface area contributed by atoms with Crippen LogP contribution in [0.2, 0.25) is 0 Å². The number of carboxylic acids is 1. The number of carboxylic acid groups (broad SMARTS) is 1. The summed E-state index contributed by atoms with van der Waals surface area (Å²) in [6, 6.07) is 15.1. The average molecular weight is 458 g/mol. The van der Waals surface area contributed by atoms with Gasteiger partial charge >= 0.3 is 12.1 Å². The number of nitrogens with zero attached hydrogens (tertiary/aromatic N) is 1. The first kappa shape index (κ1) is 23.8. The molecule has 1 aromatic heterocycles. The number of benzene rings is 2. The largest absolute Gasteiger partial charge is 0.481 e. The maximum Gasteiger partial charge on any atom is 0.417 e. The van der Waals surface area contributed by atoms with Crippen LogP contribution in [0, 0.1) is 6.92 Å². The summed E-state index contributed by atoms with van der Waals surface area (Å²) < 4.78 is 39.4. The van der Waals surface area contributed by atoms with Crippen LogP contribution in [0.25, 0.3) is 11.1 Å². The van der Waals surface area contributed by atoms with E-state index in [1.54, 1.807) is 18.2 Å². The number of aromatic nitrogens is 1. The van der Waals surface area contributed by atoms with Gasteiger partial charge in [0.1, 0.15) is 6.54 Å². The zero-order chi connectivity index (χ0) is 24.2. The lowest BCUT2D eigenvalue weighted by atomic mass is 9.95. The fourth-order valence-electron chi connectivity index (χ4n) is 3.46. The molecule has 172 valence electrons. The van der Waals surface area contributed by atoms with Crippen LogP contribution in [0.5, 0.6) is 0 Å². The normalized spacial score (nSPS) is 12.2. The molecular weight excluding hydrogens is 437 g/mol. The predicted molar refractivity (Wildman–Crippen MR) is 115 cm³/mol. The second-order valence-corrected chi connectivity index (χ2v) is 7.54. The van der Waals surface area contributed by atoms with Crippen molar-refractivity contribution in [3.63, 3.8) is 0 Å². The molecule has 3 rings (SSSR count). The number of nitrogens with one attached hydrogen (secondary N) is 1. The van der Waals surface area contributed by atoms with Crippen LogP contribution in [0.4, 0.5) is 13.2 Å². The fraction of sp³-hybridized carbons (Fsp3) is 0.208. The van der Waals surface area contributed by atoms with Gasteiger partial charge in [0.15, 0.2) is 0 Å². The molecule has 0 aliphatic heterocycles. The van der Waals surface area contributed by atoms with E-state index < -0.39 is 48.2 Å². The quantitative estimate of drug-likeness (QED) is 0.556. The van der Waals surface area contributed by atoms with Gasteiger partial charge in [-0.1, -0.05) is 42.5 Å². The molecule has 6 nitrogen and oxygen atoms in total. The first-order valence-corrected chi connectivity index (χ1v) is 9.99. The summed E-state index contributed by atoms with van der Waals surface area (Å²) in [6.45, 7) is 1.25. The number of carbonyl (C=O) groups excluding carboxylic acids is 1. The summed E-state index contributed by atoms with van der Waals surface area (Å²) >= 11 is 0. The predicted octanol–water partition coefficient (Wildman–Crippen LogP) is 4.17. The Morgan fingerprint density at radius 1 is 1.06 bits per heavy atom. The fourth-order valence-corrected chi connectivity index (χ4v) is 3.46. The van der Waals surface area contributed by atoms with Crippen molar-refractivity contribution >= 4 is 11.9 Å². The lowest BCUT2D eigenvalue weighted by Gasteiger charge is -2.19. The van der Waals surface area contributed by atoms with E-state index in [-0.39, 0.29) is 0 Å². The molecule has 1 amide bonds. The van der Waals surface area contributed by atoms with Crippen LogP contribution >= 0.6 is 0 Å². The lowest BCUT2D eigenvalue weighted by molar-refractivity contribution is -0.139. The van der Waals surface area contributed by atoms with Crippen molar-refractivity contribution in [2.24, 2.45) is 0 Å². The van der Waals surface area contributed by atoms with Gasteiger partial charge in [-0.3, -0.25) is 14.4 Å². The van der Waals surface area contributed by atoms with E-state index >= 15 is 0 Å². The van der Waals surface area contributed by atoms with Gasteiger partial charge in [-0.05, 0) is 41.3 Å². The van der Waals surface area contributed by atoms with E-state index in [9.17, 15) is 32.7 Å². The first-order chi connectivity index (χ1) is 15.5. The van der Waals surface area contributed by atoms with Crippen LogP contribution in [-0.4, -0.2) is 21.6 Å². The van der Waals surface area contributed by atoms with Gasteiger partial charge in [-0.25, -0.2) is 0 Å². The summed E-state index contributed by atoms with van der Waals surface area (Å²) in [5.74, 6) is -1.96. The number of aryl methyl sites for hydroxylation is 1. The Balaban J connectivity index is 1.86. The van der Waals surface area contributed by atoms with Gasteiger partial charge in [-0.2, -0.15) is 13.2 Å². The SMILES string of the molecule is Cc1ccccc1-c1cccc([C@H](CC(=O)O)NC(=O)Cn2cc(C(F)(F)F)ccc2=O)c1. The van der Waals surface area contributed by atoms with Crippen molar-refractivity contribution < 1.29 is 27.9 Å².